The molecule has 0 saturated carbocycles. The molecular formula is C13H17N3O3. The van der Waals surface area contributed by atoms with E-state index < -0.39 is 0 Å². The molecule has 2 atom stereocenters. The first kappa shape index (κ1) is 12.4. The lowest BCUT2D eigenvalue weighted by molar-refractivity contribution is -0.101. The molecule has 0 radical (unpaired) electrons. The number of aromatic nitrogens is 2. The van der Waals surface area contributed by atoms with Crippen molar-refractivity contribution in [2.24, 2.45) is 0 Å². The molecule has 2 heterocycles. The Labute approximate surface area is 110 Å². The first-order chi connectivity index (χ1) is 9.28. The van der Waals surface area contributed by atoms with Crippen LogP contribution in [0.2, 0.25) is 0 Å². The Hall–Kier alpha value is -1.63. The molecule has 1 aliphatic rings. The molecule has 1 aromatic heterocycles. The quantitative estimate of drug-likeness (QED) is 0.755. The average Bonchev–Trinajstić information content (AvgIpc) is 2.80. The number of likely N-dealkylation sites (N-methyl/N-ethyl adjacent to an activating group) is 1. The lowest BCUT2D eigenvalue weighted by Crippen LogP contribution is -2.39. The largest absolute Gasteiger partial charge is 0.376 e. The van der Waals surface area contributed by atoms with E-state index in [-0.39, 0.29) is 17.8 Å². The molecule has 19 heavy (non-hydrogen) atoms. The van der Waals surface area contributed by atoms with Crippen LogP contribution in [0.25, 0.3) is 11.0 Å². The van der Waals surface area contributed by atoms with Crippen molar-refractivity contribution in [1.82, 2.24) is 15.3 Å². The summed E-state index contributed by atoms with van der Waals surface area (Å²) in [5, 5.41) is 3.25. The number of fused-ring (bicyclic) bond motifs is 1. The number of H-pyrrole nitrogens is 2. The topological polar surface area (TPSA) is 79.1 Å². The van der Waals surface area contributed by atoms with E-state index in [0.29, 0.717) is 19.8 Å². The molecule has 0 bridgehead atoms. The summed E-state index contributed by atoms with van der Waals surface area (Å²) < 4.78 is 11.2. The summed E-state index contributed by atoms with van der Waals surface area (Å²) in [6.45, 7) is 1.84. The van der Waals surface area contributed by atoms with E-state index in [2.05, 4.69) is 15.3 Å². The maximum Gasteiger partial charge on any atom is 0.323 e. The van der Waals surface area contributed by atoms with Gasteiger partial charge in [-0.05, 0) is 24.7 Å². The van der Waals surface area contributed by atoms with Crippen LogP contribution in [0, 0.1) is 0 Å². The summed E-state index contributed by atoms with van der Waals surface area (Å²) in [7, 11) is 1.90. The van der Waals surface area contributed by atoms with Crippen LogP contribution in [-0.4, -0.2) is 42.9 Å². The Morgan fingerprint density at radius 1 is 1.32 bits per heavy atom. The first-order valence-electron chi connectivity index (χ1n) is 6.36. The van der Waals surface area contributed by atoms with Crippen molar-refractivity contribution in [2.75, 3.05) is 26.9 Å². The minimum Gasteiger partial charge on any atom is -0.376 e. The molecule has 2 unspecified atom stereocenters. The summed E-state index contributed by atoms with van der Waals surface area (Å²) in [6, 6.07) is 5.90. The number of ether oxygens (including phenoxy) is 2. The van der Waals surface area contributed by atoms with Gasteiger partial charge >= 0.3 is 5.69 Å². The minimum absolute atomic E-state index is 0.0122. The van der Waals surface area contributed by atoms with Crippen molar-refractivity contribution in [3.8, 4) is 0 Å². The molecule has 0 aliphatic carbocycles. The third-order valence-electron chi connectivity index (χ3n) is 3.42. The second kappa shape index (κ2) is 5.16. The van der Waals surface area contributed by atoms with E-state index in [1.807, 2.05) is 25.2 Å². The van der Waals surface area contributed by atoms with Gasteiger partial charge in [0.2, 0.25) is 0 Å². The zero-order valence-corrected chi connectivity index (χ0v) is 10.7. The minimum atomic E-state index is -0.189. The van der Waals surface area contributed by atoms with Crippen molar-refractivity contribution >= 4 is 11.0 Å². The van der Waals surface area contributed by atoms with Crippen LogP contribution in [0.1, 0.15) is 11.6 Å². The summed E-state index contributed by atoms with van der Waals surface area (Å²) in [6.07, 6.45) is -0.0122. The average molecular weight is 263 g/mol. The Morgan fingerprint density at radius 3 is 2.89 bits per heavy atom. The third-order valence-corrected chi connectivity index (χ3v) is 3.42. The van der Waals surface area contributed by atoms with Gasteiger partial charge in [-0.3, -0.25) is 0 Å². The summed E-state index contributed by atoms with van der Waals surface area (Å²) in [5.74, 6) is 0. The van der Waals surface area contributed by atoms with Crippen LogP contribution in [0.5, 0.6) is 0 Å². The van der Waals surface area contributed by atoms with E-state index in [1.165, 1.54) is 0 Å². The molecule has 1 aromatic carbocycles. The molecule has 2 aromatic rings. The van der Waals surface area contributed by atoms with Crippen molar-refractivity contribution < 1.29 is 9.47 Å². The molecule has 0 spiro atoms. The maximum atomic E-state index is 11.3. The van der Waals surface area contributed by atoms with Gasteiger partial charge in [0.25, 0.3) is 0 Å². The summed E-state index contributed by atoms with van der Waals surface area (Å²) in [4.78, 5) is 16.8. The smallest absolute Gasteiger partial charge is 0.323 e. The van der Waals surface area contributed by atoms with Gasteiger partial charge in [0.05, 0.1) is 36.9 Å². The lowest BCUT2D eigenvalue weighted by atomic mass is 10.0. The zero-order valence-electron chi connectivity index (χ0n) is 10.7. The van der Waals surface area contributed by atoms with Gasteiger partial charge in [-0.2, -0.15) is 0 Å². The standard InChI is InChI=1S/C13H17N3O3/c1-14-12(11-7-18-4-5-19-11)8-2-3-9-10(6-8)16-13(17)15-9/h2-3,6,11-12,14H,4-5,7H2,1H3,(H2,15,16,17). The number of benzene rings is 1. The van der Waals surface area contributed by atoms with Gasteiger partial charge in [0.1, 0.15) is 6.10 Å². The molecule has 102 valence electrons. The zero-order chi connectivity index (χ0) is 13.2. The molecule has 1 saturated heterocycles. The fourth-order valence-corrected chi connectivity index (χ4v) is 2.51. The van der Waals surface area contributed by atoms with Crippen molar-refractivity contribution in [3.05, 3.63) is 34.2 Å². The molecule has 3 N–H and O–H groups in total. The number of imidazole rings is 1. The second-order valence-electron chi connectivity index (χ2n) is 4.63. The molecular weight excluding hydrogens is 246 g/mol. The lowest BCUT2D eigenvalue weighted by Gasteiger charge is -2.30. The molecule has 1 aliphatic heterocycles. The SMILES string of the molecule is CNC(c1ccc2[nH]c(=O)[nH]c2c1)C1COCCO1. The van der Waals surface area contributed by atoms with E-state index in [1.54, 1.807) is 0 Å². The highest BCUT2D eigenvalue weighted by Gasteiger charge is 2.25. The Kier molecular flexibility index (Phi) is 3.37. The predicted molar refractivity (Wildman–Crippen MR) is 71.3 cm³/mol. The van der Waals surface area contributed by atoms with Gasteiger partial charge in [-0.15, -0.1) is 0 Å². The molecule has 0 amide bonds. The van der Waals surface area contributed by atoms with Crippen molar-refractivity contribution in [1.29, 1.82) is 0 Å². The molecule has 6 nitrogen and oxygen atoms in total. The molecule has 6 heteroatoms. The predicted octanol–water partition coefficient (Wildman–Crippen LogP) is 0.532. The van der Waals surface area contributed by atoms with Gasteiger partial charge in [0.15, 0.2) is 0 Å². The number of rotatable bonds is 3. The van der Waals surface area contributed by atoms with Crippen LogP contribution < -0.4 is 11.0 Å². The Bertz CT molecular complexity index is 613. The van der Waals surface area contributed by atoms with Gasteiger partial charge in [-0.1, -0.05) is 6.07 Å². The maximum absolute atomic E-state index is 11.3. The fourth-order valence-electron chi connectivity index (χ4n) is 2.51. The highest BCUT2D eigenvalue weighted by Crippen LogP contribution is 2.23. The number of hydrogen-bond donors (Lipinski definition) is 3. The highest BCUT2D eigenvalue weighted by molar-refractivity contribution is 5.75. The van der Waals surface area contributed by atoms with Crippen LogP contribution in [-0.2, 0) is 9.47 Å². The highest BCUT2D eigenvalue weighted by atomic mass is 16.6. The first-order valence-corrected chi connectivity index (χ1v) is 6.36. The molecule has 3 rings (SSSR count). The van der Waals surface area contributed by atoms with Crippen molar-refractivity contribution in [2.45, 2.75) is 12.1 Å². The van der Waals surface area contributed by atoms with Crippen LogP contribution in [0.3, 0.4) is 0 Å². The Balaban J connectivity index is 1.93. The second-order valence-corrected chi connectivity index (χ2v) is 4.63. The van der Waals surface area contributed by atoms with E-state index in [9.17, 15) is 4.79 Å². The van der Waals surface area contributed by atoms with Crippen LogP contribution in [0.15, 0.2) is 23.0 Å². The van der Waals surface area contributed by atoms with Crippen LogP contribution >= 0.6 is 0 Å². The van der Waals surface area contributed by atoms with Crippen LogP contribution in [0.4, 0.5) is 0 Å². The van der Waals surface area contributed by atoms with Gasteiger partial charge in [0, 0.05) is 0 Å². The fraction of sp³-hybridized carbons (Fsp3) is 0.462. The number of nitrogens with one attached hydrogen (secondary N) is 3. The van der Waals surface area contributed by atoms with E-state index >= 15 is 0 Å². The van der Waals surface area contributed by atoms with Gasteiger partial charge in [-0.25, -0.2) is 4.79 Å². The normalized spacial score (nSPS) is 21.6. The summed E-state index contributed by atoms with van der Waals surface area (Å²) in [5.41, 5.74) is 2.50. The number of hydrogen-bond acceptors (Lipinski definition) is 4. The Morgan fingerprint density at radius 2 is 2.16 bits per heavy atom. The monoisotopic (exact) mass is 263 g/mol. The van der Waals surface area contributed by atoms with E-state index in [4.69, 9.17) is 9.47 Å². The summed E-state index contributed by atoms with van der Waals surface area (Å²) >= 11 is 0. The van der Waals surface area contributed by atoms with Gasteiger partial charge < -0.3 is 24.8 Å². The van der Waals surface area contributed by atoms with Crippen molar-refractivity contribution in [3.63, 3.8) is 0 Å². The number of aromatic amines is 2. The van der Waals surface area contributed by atoms with E-state index in [0.717, 1.165) is 16.6 Å². The third kappa shape index (κ3) is 2.42. The molecule has 1 fully saturated rings.